The first kappa shape index (κ1) is 12.7. The van der Waals surface area contributed by atoms with Crippen LogP contribution in [-0.2, 0) is 0 Å². The monoisotopic (exact) mass is 144 g/mol. The van der Waals surface area contributed by atoms with Gasteiger partial charge in [-0.15, -0.1) is 0 Å². The van der Waals surface area contributed by atoms with Crippen molar-refractivity contribution < 1.29 is 0 Å². The molecular weight excluding hydrogens is 120 g/mol. The van der Waals surface area contributed by atoms with Crippen LogP contribution in [0.4, 0.5) is 0 Å². The second-order valence-corrected chi connectivity index (χ2v) is 3.44. The second kappa shape index (κ2) is 11.8. The summed E-state index contributed by atoms with van der Waals surface area (Å²) in [5.41, 5.74) is 0. The molecule has 0 aromatic heterocycles. The Morgan fingerprint density at radius 2 is 1.00 bits per heavy atom. The fraction of sp³-hybridized carbons (Fsp3) is 1.00. The van der Waals surface area contributed by atoms with Gasteiger partial charge in [-0.05, 0) is 5.92 Å². The molecule has 0 saturated heterocycles. The van der Waals surface area contributed by atoms with E-state index >= 15 is 0 Å². The van der Waals surface area contributed by atoms with Crippen molar-refractivity contribution in [1.29, 1.82) is 0 Å². The summed E-state index contributed by atoms with van der Waals surface area (Å²) in [6.07, 6.45) is 5.54. The smallest absolute Gasteiger partial charge is 0.0500 e. The van der Waals surface area contributed by atoms with Crippen LogP contribution in [0.3, 0.4) is 0 Å². The van der Waals surface area contributed by atoms with Crippen LogP contribution in [0.15, 0.2) is 0 Å². The van der Waals surface area contributed by atoms with Crippen molar-refractivity contribution in [1.82, 2.24) is 0 Å². The minimum absolute atomic E-state index is 0.833. The standard InChI is InChI=1S/C6H14.C4H10/c1-3-5-6-4-2;1-4(2)3/h3-6H2,1-2H3;4H,1-3H3. The average Bonchev–Trinajstić information content (AvgIpc) is 1.82. The highest BCUT2D eigenvalue weighted by atomic mass is 13.8. The lowest BCUT2D eigenvalue weighted by molar-refractivity contribution is 0.702. The first-order valence-corrected chi connectivity index (χ1v) is 4.65. The van der Waals surface area contributed by atoms with Crippen LogP contribution in [0.25, 0.3) is 0 Å². The van der Waals surface area contributed by atoms with Gasteiger partial charge in [-0.1, -0.05) is 60.3 Å². The molecule has 0 aliphatic rings. The summed E-state index contributed by atoms with van der Waals surface area (Å²) in [7, 11) is 0. The van der Waals surface area contributed by atoms with Crippen molar-refractivity contribution in [2.75, 3.05) is 0 Å². The lowest BCUT2D eigenvalue weighted by Gasteiger charge is -1.86. The van der Waals surface area contributed by atoms with Crippen LogP contribution in [0.1, 0.15) is 60.3 Å². The maximum Gasteiger partial charge on any atom is -0.0500 e. The Hall–Kier alpha value is 0. The molecule has 0 unspecified atom stereocenters. The van der Waals surface area contributed by atoms with Gasteiger partial charge >= 0.3 is 0 Å². The molecular formula is C10H24. The molecule has 0 spiro atoms. The summed E-state index contributed by atoms with van der Waals surface area (Å²) in [6.45, 7) is 11.0. The van der Waals surface area contributed by atoms with E-state index in [2.05, 4.69) is 34.6 Å². The van der Waals surface area contributed by atoms with Crippen molar-refractivity contribution in [2.45, 2.75) is 60.3 Å². The van der Waals surface area contributed by atoms with E-state index in [9.17, 15) is 0 Å². The highest BCUT2D eigenvalue weighted by molar-refractivity contribution is 4.31. The third-order valence-corrected chi connectivity index (χ3v) is 0.957. The number of hydrogen-bond acceptors (Lipinski definition) is 0. The minimum atomic E-state index is 0.833. The Labute approximate surface area is 67.0 Å². The van der Waals surface area contributed by atoms with E-state index in [1.165, 1.54) is 25.7 Å². The summed E-state index contributed by atoms with van der Waals surface area (Å²) in [5, 5.41) is 0. The molecule has 0 atom stereocenters. The summed E-state index contributed by atoms with van der Waals surface area (Å²) in [5.74, 6) is 0.833. The molecule has 0 amide bonds. The van der Waals surface area contributed by atoms with E-state index in [0.29, 0.717) is 0 Å². The molecule has 0 heterocycles. The van der Waals surface area contributed by atoms with Crippen molar-refractivity contribution >= 4 is 0 Å². The molecule has 0 bridgehead atoms. The molecule has 0 rings (SSSR count). The van der Waals surface area contributed by atoms with Crippen LogP contribution < -0.4 is 0 Å². The van der Waals surface area contributed by atoms with Gasteiger partial charge in [-0.3, -0.25) is 0 Å². The van der Waals surface area contributed by atoms with Gasteiger partial charge in [0, 0.05) is 0 Å². The van der Waals surface area contributed by atoms with Gasteiger partial charge in [0.25, 0.3) is 0 Å². The van der Waals surface area contributed by atoms with Crippen molar-refractivity contribution in [3.05, 3.63) is 0 Å². The van der Waals surface area contributed by atoms with Crippen molar-refractivity contribution in [3.8, 4) is 0 Å². The Morgan fingerprint density at radius 3 is 1.10 bits per heavy atom. The molecule has 0 saturated carbocycles. The Balaban J connectivity index is 0. The summed E-state index contributed by atoms with van der Waals surface area (Å²) < 4.78 is 0. The summed E-state index contributed by atoms with van der Waals surface area (Å²) in [4.78, 5) is 0. The van der Waals surface area contributed by atoms with Crippen LogP contribution in [0, 0.1) is 5.92 Å². The minimum Gasteiger partial charge on any atom is -0.0654 e. The topological polar surface area (TPSA) is 0 Å². The largest absolute Gasteiger partial charge is 0.0654 e. The zero-order valence-corrected chi connectivity index (χ0v) is 8.41. The van der Waals surface area contributed by atoms with E-state index in [-0.39, 0.29) is 0 Å². The lowest BCUT2D eigenvalue weighted by Crippen LogP contribution is -1.66. The van der Waals surface area contributed by atoms with Gasteiger partial charge in [0.1, 0.15) is 0 Å². The first-order chi connectivity index (χ1) is 4.65. The molecule has 10 heavy (non-hydrogen) atoms. The fourth-order valence-electron chi connectivity index (χ4n) is 0.500. The van der Waals surface area contributed by atoms with Crippen LogP contribution in [0.2, 0.25) is 0 Å². The van der Waals surface area contributed by atoms with Gasteiger partial charge in [0.05, 0.1) is 0 Å². The molecule has 0 N–H and O–H groups in total. The Kier molecular flexibility index (Phi) is 14.9. The van der Waals surface area contributed by atoms with E-state index in [1.54, 1.807) is 0 Å². The van der Waals surface area contributed by atoms with Gasteiger partial charge < -0.3 is 0 Å². The molecule has 0 nitrogen and oxygen atoms in total. The van der Waals surface area contributed by atoms with E-state index < -0.39 is 0 Å². The zero-order valence-electron chi connectivity index (χ0n) is 8.41. The first-order valence-electron chi connectivity index (χ1n) is 4.65. The maximum absolute atomic E-state index is 2.23. The molecule has 0 aromatic carbocycles. The SMILES string of the molecule is CC(C)C.CCCCCC. The van der Waals surface area contributed by atoms with Crippen LogP contribution >= 0.6 is 0 Å². The van der Waals surface area contributed by atoms with Gasteiger partial charge in [-0.25, -0.2) is 0 Å². The average molecular weight is 144 g/mol. The molecule has 0 aliphatic heterocycles. The molecule has 0 heteroatoms. The van der Waals surface area contributed by atoms with Gasteiger partial charge in [0.15, 0.2) is 0 Å². The third kappa shape index (κ3) is 43.6. The van der Waals surface area contributed by atoms with Crippen LogP contribution in [-0.4, -0.2) is 0 Å². The number of unbranched alkanes of at least 4 members (excludes halogenated alkanes) is 3. The summed E-state index contributed by atoms with van der Waals surface area (Å²) in [6, 6.07) is 0. The fourth-order valence-corrected chi connectivity index (χ4v) is 0.500. The zero-order chi connectivity index (χ0) is 8.41. The molecule has 0 radical (unpaired) electrons. The predicted molar refractivity (Wildman–Crippen MR) is 50.3 cm³/mol. The number of hydrogen-bond donors (Lipinski definition) is 0. The second-order valence-electron chi connectivity index (χ2n) is 3.44. The normalized spacial score (nSPS) is 9.00. The van der Waals surface area contributed by atoms with Gasteiger partial charge in [0.2, 0.25) is 0 Å². The highest BCUT2D eigenvalue weighted by Gasteiger charge is 1.75. The number of rotatable bonds is 3. The Bertz CT molecular complexity index is 30.5. The van der Waals surface area contributed by atoms with Crippen LogP contribution in [0.5, 0.6) is 0 Å². The van der Waals surface area contributed by atoms with Crippen molar-refractivity contribution in [3.63, 3.8) is 0 Å². The quantitative estimate of drug-likeness (QED) is 0.519. The highest BCUT2D eigenvalue weighted by Crippen LogP contribution is 1.95. The maximum atomic E-state index is 2.23. The third-order valence-electron chi connectivity index (χ3n) is 0.957. The summed E-state index contributed by atoms with van der Waals surface area (Å²) >= 11 is 0. The lowest BCUT2D eigenvalue weighted by atomic mass is 10.2. The molecule has 0 fully saturated rings. The predicted octanol–water partition coefficient (Wildman–Crippen LogP) is 4.25. The van der Waals surface area contributed by atoms with Gasteiger partial charge in [-0.2, -0.15) is 0 Å². The van der Waals surface area contributed by atoms with E-state index in [0.717, 1.165) is 5.92 Å². The van der Waals surface area contributed by atoms with E-state index in [4.69, 9.17) is 0 Å². The molecule has 0 aromatic rings. The molecule has 0 aliphatic carbocycles. The Morgan fingerprint density at radius 1 is 0.800 bits per heavy atom. The van der Waals surface area contributed by atoms with Crippen molar-refractivity contribution in [2.24, 2.45) is 5.92 Å². The molecule has 64 valence electrons. The van der Waals surface area contributed by atoms with E-state index in [1.807, 2.05) is 0 Å².